The molecule has 128 valence electrons. The van der Waals surface area contributed by atoms with Crippen LogP contribution in [0.5, 0.6) is 0 Å². The summed E-state index contributed by atoms with van der Waals surface area (Å²) in [5.41, 5.74) is 6.35. The van der Waals surface area contributed by atoms with Crippen molar-refractivity contribution in [1.29, 1.82) is 0 Å². The number of benzene rings is 2. The van der Waals surface area contributed by atoms with Crippen LogP contribution < -0.4 is 4.90 Å². The second-order valence-electron chi connectivity index (χ2n) is 7.02. The van der Waals surface area contributed by atoms with Gasteiger partial charge in [-0.25, -0.2) is 0 Å². The van der Waals surface area contributed by atoms with E-state index in [1.807, 2.05) is 29.2 Å². The largest absolute Gasteiger partial charge is 0.305 e. The number of aliphatic imine (C=N–C) groups is 1. The van der Waals surface area contributed by atoms with Crippen LogP contribution in [0.15, 0.2) is 41.4 Å². The molecular weight excluding hydrogens is 332 g/mol. The second-order valence-corrected chi connectivity index (χ2v) is 7.46. The predicted molar refractivity (Wildman–Crippen MR) is 103 cm³/mol. The van der Waals surface area contributed by atoms with Gasteiger partial charge in [-0.05, 0) is 74.1 Å². The number of carbonyl (C=O) groups excluding carboxylic acids is 1. The van der Waals surface area contributed by atoms with Gasteiger partial charge in [0.25, 0.3) is 0 Å². The lowest BCUT2D eigenvalue weighted by atomic mass is 10.0. The van der Waals surface area contributed by atoms with Crippen molar-refractivity contribution < 1.29 is 4.79 Å². The molecule has 2 aliphatic rings. The first-order valence-electron chi connectivity index (χ1n) is 8.77. The van der Waals surface area contributed by atoms with E-state index in [4.69, 9.17) is 16.6 Å². The Labute approximate surface area is 153 Å². The van der Waals surface area contributed by atoms with Gasteiger partial charge in [-0.1, -0.05) is 23.7 Å². The molecule has 1 amide bonds. The number of fused-ring (bicyclic) bond motifs is 2. The molecule has 0 bridgehead atoms. The van der Waals surface area contributed by atoms with Gasteiger partial charge in [-0.2, -0.15) is 0 Å². The molecule has 1 heterocycles. The van der Waals surface area contributed by atoms with Gasteiger partial charge in [-0.15, -0.1) is 0 Å². The highest BCUT2D eigenvalue weighted by Crippen LogP contribution is 2.40. The Kier molecular flexibility index (Phi) is 4.12. The molecule has 2 aromatic carbocycles. The van der Waals surface area contributed by atoms with Crippen molar-refractivity contribution in [1.82, 2.24) is 0 Å². The van der Waals surface area contributed by atoms with E-state index in [0.717, 1.165) is 41.9 Å². The molecule has 1 fully saturated rings. The van der Waals surface area contributed by atoms with Crippen molar-refractivity contribution in [2.75, 3.05) is 4.90 Å². The number of carbonyl (C=O) groups is 1. The lowest BCUT2D eigenvalue weighted by Gasteiger charge is -2.25. The van der Waals surface area contributed by atoms with Crippen LogP contribution in [0.25, 0.3) is 0 Å². The molecule has 0 aromatic heterocycles. The topological polar surface area (TPSA) is 32.7 Å². The molecule has 2 aromatic rings. The number of hydrogen-bond donors (Lipinski definition) is 0. The van der Waals surface area contributed by atoms with Crippen molar-refractivity contribution in [3.05, 3.63) is 58.1 Å². The summed E-state index contributed by atoms with van der Waals surface area (Å²) >= 11 is 6.00. The summed E-state index contributed by atoms with van der Waals surface area (Å²) in [6, 6.07) is 11.9. The highest BCUT2D eigenvalue weighted by molar-refractivity contribution is 6.30. The van der Waals surface area contributed by atoms with Crippen LogP contribution in [0.3, 0.4) is 0 Å². The van der Waals surface area contributed by atoms with Crippen LogP contribution in [0, 0.1) is 19.8 Å². The summed E-state index contributed by atoms with van der Waals surface area (Å²) in [7, 11) is 0. The van der Waals surface area contributed by atoms with Crippen molar-refractivity contribution in [2.24, 2.45) is 10.9 Å². The first kappa shape index (κ1) is 16.3. The Morgan fingerprint density at radius 1 is 1.16 bits per heavy atom. The van der Waals surface area contributed by atoms with E-state index in [0.29, 0.717) is 11.6 Å². The van der Waals surface area contributed by atoms with E-state index in [-0.39, 0.29) is 11.8 Å². The van der Waals surface area contributed by atoms with E-state index in [2.05, 4.69) is 26.0 Å². The Bertz CT molecular complexity index is 870. The fraction of sp³-hybridized carbons (Fsp3) is 0.333. The van der Waals surface area contributed by atoms with Crippen LogP contribution in [0.4, 0.5) is 11.4 Å². The Balaban J connectivity index is 1.81. The van der Waals surface area contributed by atoms with Crippen molar-refractivity contribution in [3.63, 3.8) is 0 Å². The standard InChI is InChI=1S/C21H21ClN2O/c1-13-10-19-20(11-14(13)2)24(12-15-6-8-16(22)9-7-15)21(25)17-4-3-5-18(17)23-19/h6-11,17H,3-5,12H2,1-2H3/t17-/m0/s1. The van der Waals surface area contributed by atoms with E-state index in [1.54, 1.807) is 0 Å². The summed E-state index contributed by atoms with van der Waals surface area (Å²) < 4.78 is 0. The molecule has 4 heteroatoms. The van der Waals surface area contributed by atoms with E-state index in [9.17, 15) is 4.79 Å². The predicted octanol–water partition coefficient (Wildman–Crippen LogP) is 5.38. The zero-order chi connectivity index (χ0) is 17.6. The molecule has 0 unspecified atom stereocenters. The SMILES string of the molecule is Cc1cc2c(cc1C)N(Cc1ccc(Cl)cc1)C(=O)[C@H]1CCCC1=N2. The minimum absolute atomic E-state index is 0.0692. The third-order valence-electron chi connectivity index (χ3n) is 5.29. The van der Waals surface area contributed by atoms with Crippen LogP contribution >= 0.6 is 11.6 Å². The third-order valence-corrected chi connectivity index (χ3v) is 5.54. The summed E-state index contributed by atoms with van der Waals surface area (Å²) in [6.45, 7) is 4.72. The monoisotopic (exact) mass is 352 g/mol. The van der Waals surface area contributed by atoms with Crippen LogP contribution in [-0.2, 0) is 11.3 Å². The van der Waals surface area contributed by atoms with Crippen LogP contribution in [0.2, 0.25) is 5.02 Å². The summed E-state index contributed by atoms with van der Waals surface area (Å²) in [6.07, 6.45) is 2.88. The molecule has 0 saturated heterocycles. The van der Waals surface area contributed by atoms with E-state index in [1.165, 1.54) is 11.1 Å². The Morgan fingerprint density at radius 2 is 1.88 bits per heavy atom. The number of aryl methyl sites for hydroxylation is 2. The molecule has 1 aliphatic heterocycles. The molecule has 3 nitrogen and oxygen atoms in total. The molecule has 0 spiro atoms. The van der Waals surface area contributed by atoms with E-state index >= 15 is 0 Å². The van der Waals surface area contributed by atoms with Gasteiger partial charge in [0, 0.05) is 10.7 Å². The molecule has 0 radical (unpaired) electrons. The summed E-state index contributed by atoms with van der Waals surface area (Å²) in [4.78, 5) is 20.1. The van der Waals surface area contributed by atoms with Gasteiger partial charge in [0.05, 0.1) is 23.8 Å². The van der Waals surface area contributed by atoms with E-state index < -0.39 is 0 Å². The Hall–Kier alpha value is -2.13. The van der Waals surface area contributed by atoms with Crippen molar-refractivity contribution >= 4 is 34.6 Å². The lowest BCUT2D eigenvalue weighted by Crippen LogP contribution is -2.36. The van der Waals surface area contributed by atoms with Gasteiger partial charge in [-0.3, -0.25) is 9.79 Å². The molecule has 0 N–H and O–H groups in total. The quantitative estimate of drug-likeness (QED) is 0.714. The molecular formula is C21H21ClN2O. The summed E-state index contributed by atoms with van der Waals surface area (Å²) in [5.74, 6) is 0.105. The lowest BCUT2D eigenvalue weighted by molar-refractivity contribution is -0.120. The normalized spacial score (nSPS) is 19.3. The molecule has 25 heavy (non-hydrogen) atoms. The minimum Gasteiger partial charge on any atom is -0.305 e. The average Bonchev–Trinajstić information content (AvgIpc) is 3.02. The maximum absolute atomic E-state index is 13.3. The number of hydrogen-bond acceptors (Lipinski definition) is 2. The fourth-order valence-electron chi connectivity index (χ4n) is 3.72. The second kappa shape index (κ2) is 6.30. The van der Waals surface area contributed by atoms with Crippen molar-refractivity contribution in [3.8, 4) is 0 Å². The van der Waals surface area contributed by atoms with Gasteiger partial charge < -0.3 is 4.90 Å². The van der Waals surface area contributed by atoms with Gasteiger partial charge in [0.2, 0.25) is 5.91 Å². The molecule has 4 rings (SSSR count). The number of anilines is 1. The van der Waals surface area contributed by atoms with Crippen LogP contribution in [-0.4, -0.2) is 11.6 Å². The Morgan fingerprint density at radius 3 is 2.64 bits per heavy atom. The first-order valence-corrected chi connectivity index (χ1v) is 9.15. The average molecular weight is 353 g/mol. The minimum atomic E-state index is -0.0692. The molecule has 1 saturated carbocycles. The maximum Gasteiger partial charge on any atom is 0.236 e. The van der Waals surface area contributed by atoms with Gasteiger partial charge in [0.1, 0.15) is 0 Å². The molecule has 1 aliphatic carbocycles. The highest BCUT2D eigenvalue weighted by atomic mass is 35.5. The van der Waals surface area contributed by atoms with Crippen molar-refractivity contribution in [2.45, 2.75) is 39.7 Å². The zero-order valence-electron chi connectivity index (χ0n) is 14.6. The van der Waals surface area contributed by atoms with Gasteiger partial charge in [0.15, 0.2) is 0 Å². The zero-order valence-corrected chi connectivity index (χ0v) is 15.3. The molecule has 1 atom stereocenters. The number of rotatable bonds is 2. The number of amides is 1. The third kappa shape index (κ3) is 2.98. The highest BCUT2D eigenvalue weighted by Gasteiger charge is 2.36. The summed E-state index contributed by atoms with van der Waals surface area (Å²) in [5, 5.41) is 0.708. The van der Waals surface area contributed by atoms with Crippen LogP contribution in [0.1, 0.15) is 36.0 Å². The maximum atomic E-state index is 13.3. The number of nitrogens with zero attached hydrogens (tertiary/aromatic N) is 2. The number of halogens is 1. The fourth-order valence-corrected chi connectivity index (χ4v) is 3.84. The smallest absolute Gasteiger partial charge is 0.236 e. The van der Waals surface area contributed by atoms with Gasteiger partial charge >= 0.3 is 0 Å². The first-order chi connectivity index (χ1) is 12.0.